The second-order valence-corrected chi connectivity index (χ2v) is 4.24. The molecule has 0 bridgehead atoms. The Morgan fingerprint density at radius 3 is 2.91 bits per heavy atom. The minimum Gasteiger partial charge on any atom is -0.297 e. The number of hydrogen-bond donors (Lipinski definition) is 0. The Bertz CT molecular complexity index is 155. The second kappa shape index (κ2) is 2.48. The van der Waals surface area contributed by atoms with E-state index in [9.17, 15) is 0 Å². The smallest absolute Gasteiger partial charge is 0.0233 e. The van der Waals surface area contributed by atoms with Crippen LogP contribution >= 0.6 is 0 Å². The normalized spacial score (nSPS) is 44.7. The number of nitrogens with zero attached hydrogens (tertiary/aromatic N) is 1. The van der Waals surface area contributed by atoms with Crippen LogP contribution in [-0.2, 0) is 0 Å². The van der Waals surface area contributed by atoms with Gasteiger partial charge in [0.25, 0.3) is 0 Å². The standard InChI is InChI=1S/C10H19N/c1-3-10-6-4-7-11(10)8-5-9(10)2/h9H,3-8H2,1-2H3/t9-,10-/m1/s1. The van der Waals surface area contributed by atoms with E-state index in [1.165, 1.54) is 38.8 Å². The molecule has 0 aliphatic carbocycles. The van der Waals surface area contributed by atoms with E-state index in [0.29, 0.717) is 5.54 Å². The molecule has 0 saturated carbocycles. The van der Waals surface area contributed by atoms with Crippen LogP contribution in [0.1, 0.15) is 39.5 Å². The molecule has 2 atom stereocenters. The maximum Gasteiger partial charge on any atom is 0.0233 e. The topological polar surface area (TPSA) is 3.24 Å². The first-order chi connectivity index (χ1) is 5.29. The Balaban J connectivity index is 2.22. The molecular formula is C10H19N. The zero-order valence-corrected chi connectivity index (χ0v) is 7.77. The summed E-state index contributed by atoms with van der Waals surface area (Å²) in [5.41, 5.74) is 0.639. The van der Waals surface area contributed by atoms with E-state index in [-0.39, 0.29) is 0 Å². The molecule has 0 radical (unpaired) electrons. The Labute approximate surface area is 69.8 Å². The van der Waals surface area contributed by atoms with Crippen LogP contribution in [0.3, 0.4) is 0 Å². The molecule has 64 valence electrons. The van der Waals surface area contributed by atoms with Crippen LogP contribution in [0.5, 0.6) is 0 Å². The fourth-order valence-electron chi connectivity index (χ4n) is 3.22. The molecule has 2 aliphatic heterocycles. The Morgan fingerprint density at radius 1 is 1.45 bits per heavy atom. The fraction of sp³-hybridized carbons (Fsp3) is 1.00. The van der Waals surface area contributed by atoms with E-state index in [4.69, 9.17) is 0 Å². The van der Waals surface area contributed by atoms with Gasteiger partial charge in [-0.1, -0.05) is 13.8 Å². The largest absolute Gasteiger partial charge is 0.297 e. The van der Waals surface area contributed by atoms with Crippen molar-refractivity contribution in [3.63, 3.8) is 0 Å². The van der Waals surface area contributed by atoms with Gasteiger partial charge >= 0.3 is 0 Å². The van der Waals surface area contributed by atoms with Gasteiger partial charge in [-0.3, -0.25) is 4.90 Å². The SMILES string of the molecule is CC[C@]12CCCN1CC[C@H]2C. The molecule has 2 heterocycles. The van der Waals surface area contributed by atoms with Crippen molar-refractivity contribution in [2.75, 3.05) is 13.1 Å². The molecule has 2 rings (SSSR count). The summed E-state index contributed by atoms with van der Waals surface area (Å²) in [7, 11) is 0. The molecule has 1 heteroatoms. The van der Waals surface area contributed by atoms with Crippen molar-refractivity contribution < 1.29 is 0 Å². The van der Waals surface area contributed by atoms with Gasteiger partial charge in [0.05, 0.1) is 0 Å². The molecular weight excluding hydrogens is 134 g/mol. The Hall–Kier alpha value is -0.0400. The van der Waals surface area contributed by atoms with Crippen LogP contribution in [0, 0.1) is 5.92 Å². The predicted octanol–water partition coefficient (Wildman–Crippen LogP) is 2.27. The zero-order chi connectivity index (χ0) is 7.90. The highest BCUT2D eigenvalue weighted by molar-refractivity contribution is 5.02. The van der Waals surface area contributed by atoms with Crippen LogP contribution in [0.25, 0.3) is 0 Å². The summed E-state index contributed by atoms with van der Waals surface area (Å²) in [5.74, 6) is 0.954. The van der Waals surface area contributed by atoms with Crippen LogP contribution in [0.2, 0.25) is 0 Å². The lowest BCUT2D eigenvalue weighted by Crippen LogP contribution is -2.41. The zero-order valence-electron chi connectivity index (χ0n) is 7.77. The molecule has 2 aliphatic rings. The third kappa shape index (κ3) is 0.868. The molecule has 0 aromatic rings. The van der Waals surface area contributed by atoms with E-state index in [1.807, 2.05) is 0 Å². The molecule has 0 spiro atoms. The minimum atomic E-state index is 0.639. The highest BCUT2D eigenvalue weighted by Gasteiger charge is 2.47. The average molecular weight is 153 g/mol. The molecule has 0 unspecified atom stereocenters. The number of fused-ring (bicyclic) bond motifs is 1. The van der Waals surface area contributed by atoms with E-state index in [0.717, 1.165) is 5.92 Å². The first-order valence-electron chi connectivity index (χ1n) is 5.04. The van der Waals surface area contributed by atoms with Gasteiger partial charge in [-0.2, -0.15) is 0 Å². The van der Waals surface area contributed by atoms with E-state index in [2.05, 4.69) is 18.7 Å². The lowest BCUT2D eigenvalue weighted by Gasteiger charge is -2.34. The number of rotatable bonds is 1. The van der Waals surface area contributed by atoms with Crippen molar-refractivity contribution in [1.29, 1.82) is 0 Å². The van der Waals surface area contributed by atoms with Crippen LogP contribution in [-0.4, -0.2) is 23.5 Å². The minimum absolute atomic E-state index is 0.639. The number of hydrogen-bond acceptors (Lipinski definition) is 1. The summed E-state index contributed by atoms with van der Waals surface area (Å²) in [4.78, 5) is 2.73. The molecule has 0 aromatic carbocycles. The van der Waals surface area contributed by atoms with Gasteiger partial charge in [0.1, 0.15) is 0 Å². The Morgan fingerprint density at radius 2 is 2.27 bits per heavy atom. The van der Waals surface area contributed by atoms with Crippen molar-refractivity contribution in [2.45, 2.75) is 45.1 Å². The third-order valence-corrected chi connectivity index (χ3v) is 4.03. The fourth-order valence-corrected chi connectivity index (χ4v) is 3.22. The highest BCUT2D eigenvalue weighted by Crippen LogP contribution is 2.44. The first kappa shape index (κ1) is 7.60. The molecule has 0 N–H and O–H groups in total. The molecule has 1 nitrogen and oxygen atoms in total. The second-order valence-electron chi connectivity index (χ2n) is 4.24. The van der Waals surface area contributed by atoms with Crippen molar-refractivity contribution in [1.82, 2.24) is 4.90 Å². The summed E-state index contributed by atoms with van der Waals surface area (Å²) in [6.45, 7) is 7.54. The summed E-state index contributed by atoms with van der Waals surface area (Å²) in [6, 6.07) is 0. The summed E-state index contributed by atoms with van der Waals surface area (Å²) >= 11 is 0. The molecule has 0 amide bonds. The van der Waals surface area contributed by atoms with Crippen LogP contribution < -0.4 is 0 Å². The monoisotopic (exact) mass is 153 g/mol. The van der Waals surface area contributed by atoms with Crippen LogP contribution in [0.4, 0.5) is 0 Å². The molecule has 11 heavy (non-hydrogen) atoms. The molecule has 2 fully saturated rings. The van der Waals surface area contributed by atoms with Crippen molar-refractivity contribution >= 4 is 0 Å². The van der Waals surface area contributed by atoms with Gasteiger partial charge < -0.3 is 0 Å². The van der Waals surface area contributed by atoms with Gasteiger partial charge in [-0.05, 0) is 44.7 Å². The van der Waals surface area contributed by atoms with Gasteiger partial charge in [-0.25, -0.2) is 0 Å². The summed E-state index contributed by atoms with van der Waals surface area (Å²) in [6.07, 6.45) is 5.71. The van der Waals surface area contributed by atoms with Crippen LogP contribution in [0.15, 0.2) is 0 Å². The summed E-state index contributed by atoms with van der Waals surface area (Å²) in [5, 5.41) is 0. The van der Waals surface area contributed by atoms with E-state index < -0.39 is 0 Å². The molecule has 0 aromatic heterocycles. The Kier molecular flexibility index (Phi) is 1.71. The van der Waals surface area contributed by atoms with Crippen molar-refractivity contribution in [3.8, 4) is 0 Å². The highest BCUT2D eigenvalue weighted by atomic mass is 15.2. The van der Waals surface area contributed by atoms with E-state index in [1.54, 1.807) is 0 Å². The maximum atomic E-state index is 2.73. The van der Waals surface area contributed by atoms with Crippen molar-refractivity contribution in [2.24, 2.45) is 5.92 Å². The van der Waals surface area contributed by atoms with Gasteiger partial charge in [-0.15, -0.1) is 0 Å². The lowest BCUT2D eigenvalue weighted by molar-refractivity contribution is 0.152. The van der Waals surface area contributed by atoms with Crippen molar-refractivity contribution in [3.05, 3.63) is 0 Å². The molecule has 2 saturated heterocycles. The predicted molar refractivity (Wildman–Crippen MR) is 47.6 cm³/mol. The quantitative estimate of drug-likeness (QED) is 0.558. The lowest BCUT2D eigenvalue weighted by atomic mass is 9.82. The van der Waals surface area contributed by atoms with Gasteiger partial charge in [0, 0.05) is 5.54 Å². The first-order valence-corrected chi connectivity index (χ1v) is 5.04. The third-order valence-electron chi connectivity index (χ3n) is 4.03. The maximum absolute atomic E-state index is 2.73. The van der Waals surface area contributed by atoms with Gasteiger partial charge in [0.2, 0.25) is 0 Å². The van der Waals surface area contributed by atoms with Gasteiger partial charge in [0.15, 0.2) is 0 Å². The average Bonchev–Trinajstić information content (AvgIpc) is 2.53. The van der Waals surface area contributed by atoms with E-state index >= 15 is 0 Å². The summed E-state index contributed by atoms with van der Waals surface area (Å²) < 4.78 is 0.